The van der Waals surface area contributed by atoms with E-state index in [1.807, 2.05) is 0 Å². The number of fused-ring (bicyclic) bond motifs is 1. The van der Waals surface area contributed by atoms with Crippen molar-refractivity contribution in [2.75, 3.05) is 36.2 Å². The van der Waals surface area contributed by atoms with Crippen LogP contribution in [-0.2, 0) is 10.9 Å². The van der Waals surface area contributed by atoms with Crippen LogP contribution in [0.5, 0.6) is 0 Å². The highest BCUT2D eigenvalue weighted by Gasteiger charge is 2.33. The Morgan fingerprint density at radius 1 is 1.06 bits per heavy atom. The minimum Gasteiger partial charge on any atom is -0.383 e. The smallest absolute Gasteiger partial charge is 0.383 e. The van der Waals surface area contributed by atoms with Gasteiger partial charge in [-0.3, -0.25) is 4.57 Å². The molecule has 4 rings (SSSR count). The number of aromatic nitrogens is 4. The van der Waals surface area contributed by atoms with Crippen LogP contribution >= 0.6 is 11.6 Å². The lowest BCUT2D eigenvalue weighted by atomic mass is 10.2. The second kappa shape index (κ2) is 10.2. The van der Waals surface area contributed by atoms with E-state index in [0.29, 0.717) is 35.8 Å². The lowest BCUT2D eigenvalue weighted by molar-refractivity contribution is -0.137. The third-order valence-electron chi connectivity index (χ3n) is 4.87. The molecule has 0 saturated carbocycles. The van der Waals surface area contributed by atoms with Gasteiger partial charge in [-0.25, -0.2) is 19.7 Å². The molecule has 13 heteroatoms. The van der Waals surface area contributed by atoms with Crippen molar-refractivity contribution in [1.82, 2.24) is 19.5 Å². The first-order chi connectivity index (χ1) is 16.8. The molecule has 0 spiro atoms. The molecule has 2 heterocycles. The Bertz CT molecular complexity index is 1340. The number of nitrogens with one attached hydrogen (secondary N) is 3. The molecule has 0 aliphatic heterocycles. The van der Waals surface area contributed by atoms with E-state index in [2.05, 4.69) is 30.9 Å². The molecular weight excluding hydrogens is 487 g/mol. The molecule has 9 nitrogen and oxygen atoms in total. The number of anilines is 3. The number of nitrogens with zero attached hydrogens (tertiary/aromatic N) is 4. The van der Waals surface area contributed by atoms with Crippen LogP contribution in [0.1, 0.15) is 5.56 Å². The molecule has 2 amide bonds. The molecule has 0 aliphatic rings. The number of methoxy groups -OCH3 is 1. The van der Waals surface area contributed by atoms with Gasteiger partial charge >= 0.3 is 12.2 Å². The Hall–Kier alpha value is -3.90. The summed E-state index contributed by atoms with van der Waals surface area (Å²) < 4.78 is 45.9. The second-order valence-electron chi connectivity index (χ2n) is 7.25. The van der Waals surface area contributed by atoms with Crippen molar-refractivity contribution < 1.29 is 22.7 Å². The van der Waals surface area contributed by atoms with E-state index in [-0.39, 0.29) is 5.69 Å². The van der Waals surface area contributed by atoms with Gasteiger partial charge in [-0.15, -0.1) is 0 Å². The molecule has 0 radical (unpaired) electrons. The number of benzene rings is 2. The lowest BCUT2D eigenvalue weighted by Crippen LogP contribution is -2.20. The van der Waals surface area contributed by atoms with Gasteiger partial charge < -0.3 is 20.7 Å². The van der Waals surface area contributed by atoms with E-state index in [1.54, 1.807) is 42.3 Å². The number of carbonyl (C=O) groups is 1. The number of alkyl halides is 3. The van der Waals surface area contributed by atoms with Crippen LogP contribution in [0, 0.1) is 0 Å². The topological polar surface area (TPSA) is 106 Å². The van der Waals surface area contributed by atoms with Crippen LogP contribution in [-0.4, -0.2) is 45.8 Å². The number of ether oxygens (including phenoxy) is 1. The number of rotatable bonds is 7. The van der Waals surface area contributed by atoms with Crippen LogP contribution in [0.4, 0.5) is 35.2 Å². The molecule has 0 bridgehead atoms. The van der Waals surface area contributed by atoms with E-state index in [4.69, 9.17) is 16.3 Å². The average Bonchev–Trinajstić information content (AvgIpc) is 3.25. The zero-order chi connectivity index (χ0) is 25.0. The number of imidazole rings is 1. The fourth-order valence-corrected chi connectivity index (χ4v) is 3.47. The third-order valence-corrected chi connectivity index (χ3v) is 5.19. The summed E-state index contributed by atoms with van der Waals surface area (Å²) in [7, 11) is 1.61. The molecule has 3 N–H and O–H groups in total. The average molecular weight is 506 g/mol. The highest BCUT2D eigenvalue weighted by atomic mass is 35.5. The van der Waals surface area contributed by atoms with Crippen LogP contribution in [0.2, 0.25) is 5.02 Å². The van der Waals surface area contributed by atoms with Gasteiger partial charge in [-0.1, -0.05) is 11.6 Å². The Kier molecular flexibility index (Phi) is 7.03. The van der Waals surface area contributed by atoms with Gasteiger partial charge in [0.1, 0.15) is 12.7 Å². The normalized spacial score (nSPS) is 11.5. The van der Waals surface area contributed by atoms with E-state index in [0.717, 1.165) is 17.8 Å². The van der Waals surface area contributed by atoms with E-state index < -0.39 is 22.8 Å². The van der Waals surface area contributed by atoms with Gasteiger partial charge in [0.2, 0.25) is 0 Å². The molecule has 2 aromatic heterocycles. The van der Waals surface area contributed by atoms with Crippen molar-refractivity contribution in [3.05, 3.63) is 65.7 Å². The van der Waals surface area contributed by atoms with Gasteiger partial charge in [0.25, 0.3) is 0 Å². The number of carbonyl (C=O) groups excluding carboxylic acids is 1. The molecular formula is C22H19ClF3N7O2. The maximum atomic E-state index is 13.0. The van der Waals surface area contributed by atoms with Crippen molar-refractivity contribution in [3.63, 3.8) is 0 Å². The molecule has 35 heavy (non-hydrogen) atoms. The summed E-state index contributed by atoms with van der Waals surface area (Å²) in [6.45, 7) is 1.07. The Balaban J connectivity index is 1.46. The standard InChI is InChI=1S/C22H19ClF3N7O2/c1-35-9-8-27-19-18-20(29-11-28-19)33(12-30-18)15-5-2-13(3-6-15)31-21(34)32-14-4-7-17(23)16(10-14)22(24,25)26/h2-7,10-12H,8-9H2,1H3,(H,27,28,29)(H2,31,32,34). The minimum absolute atomic E-state index is 0.0460. The second-order valence-corrected chi connectivity index (χ2v) is 7.65. The number of hydrogen-bond acceptors (Lipinski definition) is 6. The maximum absolute atomic E-state index is 13.0. The summed E-state index contributed by atoms with van der Waals surface area (Å²) in [5.74, 6) is 0.580. The van der Waals surface area contributed by atoms with Gasteiger partial charge in [0.15, 0.2) is 17.0 Å². The first-order valence-electron chi connectivity index (χ1n) is 10.2. The molecule has 0 aliphatic carbocycles. The Labute approximate surface area is 202 Å². The SMILES string of the molecule is COCCNc1ncnc2c1ncn2-c1ccc(NC(=O)Nc2ccc(Cl)c(C(F)(F)F)c2)cc1. The van der Waals surface area contributed by atoms with Crippen molar-refractivity contribution in [2.45, 2.75) is 6.18 Å². The van der Waals surface area contributed by atoms with Crippen molar-refractivity contribution in [1.29, 1.82) is 0 Å². The summed E-state index contributed by atoms with van der Waals surface area (Å²) in [5, 5.41) is 7.63. The number of urea groups is 1. The van der Waals surface area contributed by atoms with E-state index >= 15 is 0 Å². The van der Waals surface area contributed by atoms with Crippen LogP contribution in [0.25, 0.3) is 16.9 Å². The summed E-state index contributed by atoms with van der Waals surface area (Å²) in [4.78, 5) is 25.2. The van der Waals surface area contributed by atoms with Gasteiger partial charge in [-0.2, -0.15) is 13.2 Å². The van der Waals surface area contributed by atoms with E-state index in [9.17, 15) is 18.0 Å². The molecule has 0 saturated heterocycles. The minimum atomic E-state index is -4.63. The van der Waals surface area contributed by atoms with Gasteiger partial charge in [-0.05, 0) is 42.5 Å². The molecule has 4 aromatic rings. The molecule has 0 fully saturated rings. The maximum Gasteiger partial charge on any atom is 0.417 e. The summed E-state index contributed by atoms with van der Waals surface area (Å²) in [5.41, 5.74) is 1.25. The first-order valence-corrected chi connectivity index (χ1v) is 10.6. The number of amides is 2. The number of hydrogen-bond donors (Lipinski definition) is 3. The summed E-state index contributed by atoms with van der Waals surface area (Å²) >= 11 is 5.61. The Morgan fingerprint density at radius 2 is 1.77 bits per heavy atom. The van der Waals surface area contributed by atoms with Crippen LogP contribution in [0.15, 0.2) is 55.1 Å². The highest BCUT2D eigenvalue weighted by Crippen LogP contribution is 2.36. The van der Waals surface area contributed by atoms with Gasteiger partial charge in [0.05, 0.1) is 17.2 Å². The monoisotopic (exact) mass is 505 g/mol. The fourth-order valence-electron chi connectivity index (χ4n) is 3.24. The van der Waals surface area contributed by atoms with Crippen molar-refractivity contribution in [3.8, 4) is 5.69 Å². The van der Waals surface area contributed by atoms with E-state index in [1.165, 1.54) is 12.4 Å². The summed E-state index contributed by atoms with van der Waals surface area (Å²) in [6, 6.07) is 9.18. The van der Waals surface area contributed by atoms with Crippen molar-refractivity contribution >= 4 is 46.0 Å². The first kappa shape index (κ1) is 24.2. The third kappa shape index (κ3) is 5.61. The van der Waals surface area contributed by atoms with Crippen LogP contribution in [0.3, 0.4) is 0 Å². The summed E-state index contributed by atoms with van der Waals surface area (Å²) in [6.07, 6.45) is -1.60. The largest absolute Gasteiger partial charge is 0.417 e. The Morgan fingerprint density at radius 3 is 2.49 bits per heavy atom. The van der Waals surface area contributed by atoms with Crippen LogP contribution < -0.4 is 16.0 Å². The molecule has 2 aromatic carbocycles. The zero-order valence-corrected chi connectivity index (χ0v) is 19.0. The predicted molar refractivity (Wildman–Crippen MR) is 126 cm³/mol. The van der Waals surface area contributed by atoms with Crippen molar-refractivity contribution in [2.24, 2.45) is 0 Å². The predicted octanol–water partition coefficient (Wildman–Crippen LogP) is 5.19. The molecule has 0 unspecified atom stereocenters. The fraction of sp³-hybridized carbons (Fsp3) is 0.182. The number of halogens is 4. The lowest BCUT2D eigenvalue weighted by Gasteiger charge is -2.12. The zero-order valence-electron chi connectivity index (χ0n) is 18.2. The molecule has 182 valence electrons. The quantitative estimate of drug-likeness (QED) is 0.298. The highest BCUT2D eigenvalue weighted by molar-refractivity contribution is 6.31. The molecule has 0 atom stereocenters. The van der Waals surface area contributed by atoms with Gasteiger partial charge in [0, 0.05) is 30.7 Å².